The lowest BCUT2D eigenvalue weighted by molar-refractivity contribution is 0.435. The fourth-order valence-electron chi connectivity index (χ4n) is 0.468. The molecule has 1 atom stereocenters. The Balaban J connectivity index is 2.41. The number of hydrogen-bond donors (Lipinski definition) is 1. The zero-order valence-corrected chi connectivity index (χ0v) is 5.82. The van der Waals surface area contributed by atoms with E-state index in [9.17, 15) is 0 Å². The van der Waals surface area contributed by atoms with E-state index >= 15 is 0 Å². The van der Waals surface area contributed by atoms with E-state index in [0.29, 0.717) is 6.67 Å². The van der Waals surface area contributed by atoms with Crippen LogP contribution in [0.4, 0.5) is 0 Å². The molecule has 2 nitrogen and oxygen atoms in total. The third-order valence-electron chi connectivity index (χ3n) is 0.915. The van der Waals surface area contributed by atoms with Crippen molar-refractivity contribution in [1.82, 2.24) is 4.90 Å². The Morgan fingerprint density at radius 3 is 2.88 bits per heavy atom. The number of halogens is 1. The maximum atomic E-state index is 5.72. The van der Waals surface area contributed by atoms with E-state index in [-0.39, 0.29) is 4.83 Å². The lowest BCUT2D eigenvalue weighted by Gasteiger charge is -2.15. The molecule has 0 radical (unpaired) electrons. The van der Waals surface area contributed by atoms with Crippen molar-refractivity contribution < 1.29 is 0 Å². The van der Waals surface area contributed by atoms with Gasteiger partial charge < -0.3 is 10.6 Å². The van der Waals surface area contributed by atoms with Crippen LogP contribution in [0.3, 0.4) is 0 Å². The van der Waals surface area contributed by atoms with E-state index in [1.165, 1.54) is 0 Å². The first-order valence-corrected chi connectivity index (χ1v) is 3.64. The van der Waals surface area contributed by atoms with Crippen molar-refractivity contribution in [3.8, 4) is 0 Å². The van der Waals surface area contributed by atoms with Crippen molar-refractivity contribution in [3.05, 3.63) is 11.6 Å². The molecular formula is C4H7ClN2S. The van der Waals surface area contributed by atoms with Crippen LogP contribution in [0.2, 0.25) is 0 Å². The summed E-state index contributed by atoms with van der Waals surface area (Å²) in [7, 11) is 0. The summed E-state index contributed by atoms with van der Waals surface area (Å²) in [5.41, 5.74) is 5.30. The van der Waals surface area contributed by atoms with Crippen molar-refractivity contribution >= 4 is 23.4 Å². The smallest absolute Gasteiger partial charge is 0.155 e. The lowest BCUT2D eigenvalue weighted by atomic mass is 10.8. The zero-order chi connectivity index (χ0) is 5.98. The van der Waals surface area contributed by atoms with E-state index in [2.05, 4.69) is 0 Å². The van der Waals surface area contributed by atoms with Gasteiger partial charge in [-0.3, -0.25) is 0 Å². The highest BCUT2D eigenvalue weighted by atomic mass is 35.5. The number of alkyl halides is 1. The molecule has 0 aromatic rings. The molecule has 0 amide bonds. The van der Waals surface area contributed by atoms with Crippen molar-refractivity contribution in [3.63, 3.8) is 0 Å². The minimum Gasteiger partial charge on any atom is -0.340 e. The summed E-state index contributed by atoms with van der Waals surface area (Å²) in [6.45, 7) is 0.498. The molecule has 0 fully saturated rings. The summed E-state index contributed by atoms with van der Waals surface area (Å²) in [5.74, 6) is 0. The molecule has 4 heteroatoms. The van der Waals surface area contributed by atoms with Crippen LogP contribution in [0.1, 0.15) is 0 Å². The van der Waals surface area contributed by atoms with Gasteiger partial charge in [0.1, 0.15) is 0 Å². The molecule has 0 spiro atoms. The monoisotopic (exact) mass is 150 g/mol. The molecule has 46 valence electrons. The number of hydrogen-bond acceptors (Lipinski definition) is 3. The fraction of sp³-hybridized carbons (Fsp3) is 0.500. The van der Waals surface area contributed by atoms with E-state index in [1.807, 2.05) is 16.5 Å². The maximum Gasteiger partial charge on any atom is 0.155 e. The summed E-state index contributed by atoms with van der Waals surface area (Å²) in [4.78, 5) is 1.87. The van der Waals surface area contributed by atoms with Crippen LogP contribution in [-0.2, 0) is 0 Å². The largest absolute Gasteiger partial charge is 0.340 e. The van der Waals surface area contributed by atoms with Gasteiger partial charge in [0.25, 0.3) is 0 Å². The van der Waals surface area contributed by atoms with Crippen LogP contribution in [-0.4, -0.2) is 16.4 Å². The topological polar surface area (TPSA) is 29.3 Å². The van der Waals surface area contributed by atoms with Gasteiger partial charge in [0.15, 0.2) is 4.83 Å². The quantitative estimate of drug-likeness (QED) is 0.446. The van der Waals surface area contributed by atoms with Crippen molar-refractivity contribution in [1.29, 1.82) is 0 Å². The third-order valence-corrected chi connectivity index (χ3v) is 2.25. The molecule has 0 aromatic carbocycles. The Morgan fingerprint density at radius 1 is 1.88 bits per heavy atom. The summed E-state index contributed by atoms with van der Waals surface area (Å²) < 4.78 is 0. The van der Waals surface area contributed by atoms with Gasteiger partial charge in [-0.25, -0.2) is 0 Å². The summed E-state index contributed by atoms with van der Waals surface area (Å²) in [5, 5.41) is 1.94. The van der Waals surface area contributed by atoms with Gasteiger partial charge >= 0.3 is 0 Å². The SMILES string of the molecule is NCN1C=CSC1Cl. The summed E-state index contributed by atoms with van der Waals surface area (Å²) >= 11 is 7.29. The molecule has 1 heterocycles. The predicted octanol–water partition coefficient (Wildman–Crippen LogP) is 0.945. The second-order valence-electron chi connectivity index (χ2n) is 1.41. The molecule has 0 aromatic heterocycles. The Morgan fingerprint density at radius 2 is 2.62 bits per heavy atom. The van der Waals surface area contributed by atoms with E-state index < -0.39 is 0 Å². The van der Waals surface area contributed by atoms with E-state index in [1.54, 1.807) is 11.8 Å². The minimum atomic E-state index is 0.0139. The average Bonchev–Trinajstić information content (AvgIpc) is 2.14. The highest BCUT2D eigenvalue weighted by Gasteiger charge is 2.13. The van der Waals surface area contributed by atoms with Crippen molar-refractivity contribution in [2.24, 2.45) is 5.73 Å². The van der Waals surface area contributed by atoms with Gasteiger partial charge in [0.2, 0.25) is 0 Å². The molecule has 1 aliphatic rings. The Bertz CT molecular complexity index is 106. The molecule has 0 aliphatic carbocycles. The normalized spacial score (nSPS) is 27.2. The lowest BCUT2D eigenvalue weighted by Crippen LogP contribution is -2.26. The Labute approximate surface area is 57.7 Å². The number of nitrogens with two attached hydrogens (primary N) is 1. The number of thioether (sulfide) groups is 1. The molecule has 1 unspecified atom stereocenters. The predicted molar refractivity (Wildman–Crippen MR) is 37.3 cm³/mol. The highest BCUT2D eigenvalue weighted by molar-refractivity contribution is 8.04. The maximum absolute atomic E-state index is 5.72. The van der Waals surface area contributed by atoms with Gasteiger partial charge in [-0.2, -0.15) is 0 Å². The second kappa shape index (κ2) is 2.62. The average molecular weight is 151 g/mol. The molecule has 0 saturated heterocycles. The molecule has 0 saturated carbocycles. The van der Waals surface area contributed by atoms with E-state index in [4.69, 9.17) is 17.3 Å². The fourth-order valence-corrected chi connectivity index (χ4v) is 1.46. The highest BCUT2D eigenvalue weighted by Crippen LogP contribution is 2.26. The van der Waals surface area contributed by atoms with Crippen molar-refractivity contribution in [2.45, 2.75) is 4.83 Å². The molecule has 2 N–H and O–H groups in total. The summed E-state index contributed by atoms with van der Waals surface area (Å²) in [6, 6.07) is 0. The van der Waals surface area contributed by atoms with E-state index in [0.717, 1.165) is 0 Å². The van der Waals surface area contributed by atoms with Crippen molar-refractivity contribution in [2.75, 3.05) is 6.67 Å². The first kappa shape index (κ1) is 6.26. The first-order valence-electron chi connectivity index (χ1n) is 2.26. The molecular weight excluding hydrogens is 144 g/mol. The van der Waals surface area contributed by atoms with Crippen LogP contribution < -0.4 is 5.73 Å². The van der Waals surface area contributed by atoms with Gasteiger partial charge in [-0.15, -0.1) is 0 Å². The minimum absolute atomic E-state index is 0.0139. The van der Waals surface area contributed by atoms with Crippen LogP contribution in [0, 0.1) is 0 Å². The Hall–Kier alpha value is 0.140. The number of nitrogens with zero attached hydrogens (tertiary/aromatic N) is 1. The van der Waals surface area contributed by atoms with Gasteiger partial charge in [0.05, 0.1) is 6.67 Å². The zero-order valence-electron chi connectivity index (χ0n) is 4.25. The molecule has 8 heavy (non-hydrogen) atoms. The van der Waals surface area contributed by atoms with Gasteiger partial charge in [-0.1, -0.05) is 23.4 Å². The summed E-state index contributed by atoms with van der Waals surface area (Å²) in [6.07, 6.45) is 1.89. The Kier molecular flexibility index (Phi) is 2.05. The second-order valence-corrected chi connectivity index (χ2v) is 3.07. The molecule has 1 rings (SSSR count). The van der Waals surface area contributed by atoms with Crippen LogP contribution in [0.15, 0.2) is 11.6 Å². The van der Waals surface area contributed by atoms with Gasteiger partial charge in [0, 0.05) is 6.20 Å². The first-order chi connectivity index (χ1) is 3.84. The van der Waals surface area contributed by atoms with Gasteiger partial charge in [-0.05, 0) is 5.41 Å². The van der Waals surface area contributed by atoms with Crippen LogP contribution in [0.5, 0.6) is 0 Å². The van der Waals surface area contributed by atoms with Crippen LogP contribution in [0.25, 0.3) is 0 Å². The molecule has 0 bridgehead atoms. The third kappa shape index (κ3) is 1.10. The van der Waals surface area contributed by atoms with Crippen LogP contribution >= 0.6 is 23.4 Å². The standard InChI is InChI=1S/C4H7ClN2S/c5-4-7(3-6)1-2-8-4/h1-2,4H,3,6H2. The number of rotatable bonds is 1. The molecule has 1 aliphatic heterocycles.